The molecule has 1 aliphatic rings. The van der Waals surface area contributed by atoms with Crippen LogP contribution in [0.3, 0.4) is 0 Å². The molecule has 0 bridgehead atoms. The topological polar surface area (TPSA) is 72.2 Å². The van der Waals surface area contributed by atoms with Crippen LogP contribution in [0.4, 0.5) is 0 Å². The monoisotopic (exact) mass is 194 g/mol. The van der Waals surface area contributed by atoms with Crippen LogP contribution in [0, 0.1) is 0 Å². The highest BCUT2D eigenvalue weighted by Crippen LogP contribution is 2.38. The summed E-state index contributed by atoms with van der Waals surface area (Å²) >= 11 is 0. The molecule has 0 amide bonds. The van der Waals surface area contributed by atoms with Crippen LogP contribution in [0.15, 0.2) is 17.2 Å². The maximum absolute atomic E-state index is 11.4. The highest BCUT2D eigenvalue weighted by atomic mass is 16.4. The second kappa shape index (κ2) is 3.25. The molecule has 74 valence electrons. The molecule has 0 aliphatic heterocycles. The van der Waals surface area contributed by atoms with E-state index < -0.39 is 5.97 Å². The average Bonchev–Trinajstić information content (AvgIpc) is 2.90. The number of aromatic nitrogens is 2. The molecule has 1 saturated carbocycles. The van der Waals surface area contributed by atoms with E-state index >= 15 is 0 Å². The Labute approximate surface area is 80.0 Å². The van der Waals surface area contributed by atoms with Crippen molar-refractivity contribution in [1.82, 2.24) is 9.55 Å². The summed E-state index contributed by atoms with van der Waals surface area (Å²) in [5, 5.41) is 8.49. The summed E-state index contributed by atoms with van der Waals surface area (Å²) < 4.78 is 1.09. The van der Waals surface area contributed by atoms with Crippen LogP contribution in [0.2, 0.25) is 0 Å². The second-order valence-electron chi connectivity index (χ2n) is 3.45. The SMILES string of the molecule is O=C(O)Cn1cnc(C2CC2)cc1=O. The number of carbonyl (C=O) groups is 1. The number of rotatable bonds is 3. The van der Waals surface area contributed by atoms with Crippen molar-refractivity contribution in [1.29, 1.82) is 0 Å². The standard InChI is InChI=1S/C9H10N2O3/c12-8-3-7(6-1-2-6)10-5-11(8)4-9(13)14/h3,5-6H,1-2,4H2,(H,13,14). The number of carboxylic acids is 1. The van der Waals surface area contributed by atoms with Crippen LogP contribution >= 0.6 is 0 Å². The summed E-state index contributed by atoms with van der Waals surface area (Å²) in [6, 6.07) is 1.43. The van der Waals surface area contributed by atoms with Gasteiger partial charge in [0.25, 0.3) is 5.56 Å². The molecule has 0 spiro atoms. The van der Waals surface area contributed by atoms with E-state index in [2.05, 4.69) is 4.98 Å². The first-order valence-corrected chi connectivity index (χ1v) is 4.45. The van der Waals surface area contributed by atoms with Crippen LogP contribution in [-0.2, 0) is 11.3 Å². The van der Waals surface area contributed by atoms with Crippen LogP contribution in [0.25, 0.3) is 0 Å². The van der Waals surface area contributed by atoms with E-state index in [1.54, 1.807) is 0 Å². The lowest BCUT2D eigenvalue weighted by atomic mass is 10.3. The molecule has 1 heterocycles. The predicted octanol–water partition coefficient (Wildman–Crippen LogP) is 0.205. The van der Waals surface area contributed by atoms with Crippen LogP contribution in [0.5, 0.6) is 0 Å². The fraction of sp³-hybridized carbons (Fsp3) is 0.444. The molecule has 0 radical (unpaired) electrons. The van der Waals surface area contributed by atoms with Gasteiger partial charge in [0.1, 0.15) is 6.54 Å². The lowest BCUT2D eigenvalue weighted by Gasteiger charge is -2.01. The fourth-order valence-corrected chi connectivity index (χ4v) is 1.31. The summed E-state index contributed by atoms with van der Waals surface area (Å²) in [4.78, 5) is 25.8. The van der Waals surface area contributed by atoms with Crippen molar-refractivity contribution in [3.05, 3.63) is 28.4 Å². The molecule has 1 fully saturated rings. The van der Waals surface area contributed by atoms with Crippen molar-refractivity contribution in [3.8, 4) is 0 Å². The lowest BCUT2D eigenvalue weighted by Crippen LogP contribution is -2.24. The maximum Gasteiger partial charge on any atom is 0.323 e. The molecule has 0 unspecified atom stereocenters. The molecule has 14 heavy (non-hydrogen) atoms. The first-order chi connectivity index (χ1) is 6.66. The second-order valence-corrected chi connectivity index (χ2v) is 3.45. The Hall–Kier alpha value is -1.65. The van der Waals surface area contributed by atoms with Gasteiger partial charge in [0.05, 0.1) is 12.0 Å². The summed E-state index contributed by atoms with van der Waals surface area (Å²) in [6.07, 6.45) is 3.47. The van der Waals surface area contributed by atoms with Crippen LogP contribution in [0.1, 0.15) is 24.5 Å². The minimum absolute atomic E-state index is 0.288. The van der Waals surface area contributed by atoms with E-state index in [0.29, 0.717) is 5.92 Å². The molecular formula is C9H10N2O3. The molecule has 0 saturated heterocycles. The number of aliphatic carboxylic acids is 1. The number of hydrogen-bond acceptors (Lipinski definition) is 3. The van der Waals surface area contributed by atoms with Gasteiger partial charge in [0.2, 0.25) is 0 Å². The molecule has 1 aliphatic carbocycles. The van der Waals surface area contributed by atoms with Crippen molar-refractivity contribution in [2.45, 2.75) is 25.3 Å². The quantitative estimate of drug-likeness (QED) is 0.746. The molecule has 0 atom stereocenters. The van der Waals surface area contributed by atoms with Gasteiger partial charge in [-0.2, -0.15) is 0 Å². The highest BCUT2D eigenvalue weighted by Gasteiger charge is 2.25. The Kier molecular flexibility index (Phi) is 2.07. The van der Waals surface area contributed by atoms with Gasteiger partial charge in [0.15, 0.2) is 0 Å². The number of hydrogen-bond donors (Lipinski definition) is 1. The highest BCUT2D eigenvalue weighted by molar-refractivity contribution is 5.66. The van der Waals surface area contributed by atoms with Gasteiger partial charge >= 0.3 is 5.97 Å². The summed E-state index contributed by atoms with van der Waals surface area (Å²) in [5.74, 6) is -0.616. The molecule has 1 N–H and O–H groups in total. The van der Waals surface area contributed by atoms with E-state index in [1.165, 1.54) is 12.4 Å². The average molecular weight is 194 g/mol. The van der Waals surface area contributed by atoms with Gasteiger partial charge in [-0.3, -0.25) is 14.2 Å². The van der Waals surface area contributed by atoms with E-state index in [4.69, 9.17) is 5.11 Å². The first-order valence-electron chi connectivity index (χ1n) is 4.45. The Bertz CT molecular complexity index is 420. The predicted molar refractivity (Wildman–Crippen MR) is 48.1 cm³/mol. The van der Waals surface area contributed by atoms with Crippen molar-refractivity contribution < 1.29 is 9.90 Å². The molecule has 5 heteroatoms. The third-order valence-electron chi connectivity index (χ3n) is 2.20. The zero-order chi connectivity index (χ0) is 10.1. The Morgan fingerprint density at radius 2 is 2.36 bits per heavy atom. The zero-order valence-electron chi connectivity index (χ0n) is 7.51. The van der Waals surface area contributed by atoms with Gasteiger partial charge < -0.3 is 5.11 Å². The van der Waals surface area contributed by atoms with Gasteiger partial charge in [-0.05, 0) is 12.8 Å². The van der Waals surface area contributed by atoms with E-state index in [1.807, 2.05) is 0 Å². The van der Waals surface area contributed by atoms with Gasteiger partial charge in [-0.25, -0.2) is 4.98 Å². The fourth-order valence-electron chi connectivity index (χ4n) is 1.31. The number of nitrogens with zero attached hydrogens (tertiary/aromatic N) is 2. The molecule has 1 aromatic rings. The van der Waals surface area contributed by atoms with Crippen molar-refractivity contribution in [3.63, 3.8) is 0 Å². The van der Waals surface area contributed by atoms with Crippen molar-refractivity contribution in [2.24, 2.45) is 0 Å². The van der Waals surface area contributed by atoms with Crippen LogP contribution < -0.4 is 5.56 Å². The minimum atomic E-state index is -1.03. The van der Waals surface area contributed by atoms with E-state index in [9.17, 15) is 9.59 Å². The molecule has 0 aromatic carbocycles. The molecule has 5 nitrogen and oxygen atoms in total. The first kappa shape index (κ1) is 8.93. The van der Waals surface area contributed by atoms with E-state index in [0.717, 1.165) is 23.1 Å². The van der Waals surface area contributed by atoms with E-state index in [-0.39, 0.29) is 12.1 Å². The summed E-state index contributed by atoms with van der Waals surface area (Å²) in [7, 11) is 0. The van der Waals surface area contributed by atoms with Crippen molar-refractivity contribution >= 4 is 5.97 Å². The largest absolute Gasteiger partial charge is 0.480 e. The van der Waals surface area contributed by atoms with Gasteiger partial charge in [0, 0.05) is 12.0 Å². The molecular weight excluding hydrogens is 184 g/mol. The Morgan fingerprint density at radius 1 is 1.64 bits per heavy atom. The smallest absolute Gasteiger partial charge is 0.323 e. The third-order valence-corrected chi connectivity index (χ3v) is 2.20. The van der Waals surface area contributed by atoms with Gasteiger partial charge in [-0.1, -0.05) is 0 Å². The van der Waals surface area contributed by atoms with Gasteiger partial charge in [-0.15, -0.1) is 0 Å². The van der Waals surface area contributed by atoms with Crippen molar-refractivity contribution in [2.75, 3.05) is 0 Å². The normalized spacial score (nSPS) is 15.4. The zero-order valence-corrected chi connectivity index (χ0v) is 7.51. The molecule has 1 aromatic heterocycles. The lowest BCUT2D eigenvalue weighted by molar-refractivity contribution is -0.137. The van der Waals surface area contributed by atoms with Crippen LogP contribution in [-0.4, -0.2) is 20.6 Å². The number of carboxylic acid groups (broad SMARTS) is 1. The maximum atomic E-state index is 11.4. The Balaban J connectivity index is 2.26. The summed E-state index contributed by atoms with van der Waals surface area (Å²) in [5.41, 5.74) is 0.501. The molecule has 2 rings (SSSR count). The minimum Gasteiger partial charge on any atom is -0.480 e. The Morgan fingerprint density at radius 3 is 2.86 bits per heavy atom. The third kappa shape index (κ3) is 1.81. The summed E-state index contributed by atoms with van der Waals surface area (Å²) in [6.45, 7) is -0.323.